The summed E-state index contributed by atoms with van der Waals surface area (Å²) in [6, 6.07) is 2.43. The maximum Gasteiger partial charge on any atom is 0.508 e. The second-order valence-electron chi connectivity index (χ2n) is 21.9. The van der Waals surface area contributed by atoms with Crippen LogP contribution in [-0.2, 0) is 28.5 Å². The summed E-state index contributed by atoms with van der Waals surface area (Å²) in [4.78, 5) is 26.9. The Morgan fingerprint density at radius 1 is 0.559 bits per heavy atom. The van der Waals surface area contributed by atoms with E-state index in [0.29, 0.717) is 17.4 Å². The third-order valence-electron chi connectivity index (χ3n) is 19.3. The van der Waals surface area contributed by atoms with E-state index in [-0.39, 0.29) is 38.5 Å². The van der Waals surface area contributed by atoms with Crippen LogP contribution in [0.1, 0.15) is 181 Å². The van der Waals surface area contributed by atoms with E-state index in [0.717, 1.165) is 97.1 Å². The highest BCUT2D eigenvalue weighted by atomic mass is 16.7. The first-order chi connectivity index (χ1) is 28.7. The molecule has 59 heavy (non-hydrogen) atoms. The van der Waals surface area contributed by atoms with E-state index in [2.05, 4.69) is 18.7 Å². The molecule has 8 aliphatic rings. The van der Waals surface area contributed by atoms with Gasteiger partial charge in [-0.15, -0.1) is 0 Å². The minimum Gasteiger partial charge on any atom is -0.463 e. The lowest BCUT2D eigenvalue weighted by molar-refractivity contribution is -0.142. The molecule has 0 spiro atoms. The fourth-order valence-electron chi connectivity index (χ4n) is 16.4. The summed E-state index contributed by atoms with van der Waals surface area (Å²) in [6.45, 7) is 7.53. The van der Waals surface area contributed by atoms with Crippen molar-refractivity contribution in [2.45, 2.75) is 212 Å². The third-order valence-corrected chi connectivity index (χ3v) is 19.3. The van der Waals surface area contributed by atoms with Gasteiger partial charge in [0.25, 0.3) is 0 Å². The van der Waals surface area contributed by atoms with Crippen molar-refractivity contribution < 1.29 is 33.3 Å². The van der Waals surface area contributed by atoms with Gasteiger partial charge in [0, 0.05) is 32.2 Å². The molecule has 0 radical (unpaired) electrons. The van der Waals surface area contributed by atoms with Crippen LogP contribution in [0.15, 0.2) is 0 Å². The fourth-order valence-corrected chi connectivity index (χ4v) is 16.4. The summed E-state index contributed by atoms with van der Waals surface area (Å²) >= 11 is 0. The van der Waals surface area contributed by atoms with Crippen LogP contribution >= 0.6 is 0 Å². The highest BCUT2D eigenvalue weighted by Crippen LogP contribution is 2.62. The second kappa shape index (κ2) is 20.4. The van der Waals surface area contributed by atoms with Crippen molar-refractivity contribution in [2.24, 2.45) is 64.6 Å². The van der Waals surface area contributed by atoms with Crippen LogP contribution in [0.5, 0.6) is 0 Å². The Morgan fingerprint density at radius 3 is 1.66 bits per heavy atom. The molecule has 0 aliphatic heterocycles. The third kappa shape index (κ3) is 10.1. The van der Waals surface area contributed by atoms with E-state index in [4.69, 9.17) is 23.7 Å². The monoisotopic (exact) mass is 824 g/mol. The first kappa shape index (κ1) is 44.2. The molecule has 0 N–H and O–H groups in total. The Hall–Kier alpha value is -1.38. The molecule has 336 valence electrons. The largest absolute Gasteiger partial charge is 0.508 e. The molecule has 8 unspecified atom stereocenters. The van der Waals surface area contributed by atoms with Crippen molar-refractivity contribution in [2.75, 3.05) is 33.5 Å². The van der Waals surface area contributed by atoms with E-state index in [1.807, 2.05) is 7.11 Å². The van der Waals surface area contributed by atoms with Crippen molar-refractivity contribution in [3.63, 3.8) is 0 Å². The molecule has 0 saturated heterocycles. The van der Waals surface area contributed by atoms with Crippen LogP contribution in [0.4, 0.5) is 4.79 Å². The van der Waals surface area contributed by atoms with E-state index in [1.54, 1.807) is 32.1 Å². The standard InChI is InChI=1S/C51H85NO7/c1-34-8-20-42(21-9-34)52(47-29-13-38-11-10-36-6-5-7-37-12-28-46(47)49(38)48(36)37)43-22-14-39(15-23-43)51(3,40-16-24-44(55-4)25-17-40)41-18-26-45(27-19-41)59-50(54)58-33-31-56-30-32-57-35(2)53/h34,36-49H,5-33H2,1-4H3. The Labute approximate surface area is 359 Å². The van der Waals surface area contributed by atoms with E-state index in [9.17, 15) is 9.59 Å². The van der Waals surface area contributed by atoms with Crippen LogP contribution in [-0.4, -0.2) is 80.9 Å². The lowest BCUT2D eigenvalue weighted by Gasteiger charge is -2.62. The van der Waals surface area contributed by atoms with Gasteiger partial charge in [0.2, 0.25) is 0 Å². The number of carbonyl (C=O) groups is 2. The van der Waals surface area contributed by atoms with Gasteiger partial charge in [-0.3, -0.25) is 9.69 Å². The van der Waals surface area contributed by atoms with Gasteiger partial charge in [-0.2, -0.15) is 0 Å². The summed E-state index contributed by atoms with van der Waals surface area (Å²) in [5.41, 5.74) is 0.318. The van der Waals surface area contributed by atoms with Crippen molar-refractivity contribution in [1.82, 2.24) is 4.90 Å². The maximum absolute atomic E-state index is 12.6. The molecule has 0 heterocycles. The topological polar surface area (TPSA) is 83.5 Å². The minimum absolute atomic E-state index is 0.0715. The van der Waals surface area contributed by atoms with Crippen LogP contribution in [0.25, 0.3) is 0 Å². The lowest BCUT2D eigenvalue weighted by Crippen LogP contribution is -2.61. The fraction of sp³-hybridized carbons (Fsp3) is 0.961. The Kier molecular flexibility index (Phi) is 15.3. The molecule has 0 aromatic carbocycles. The zero-order valence-electron chi connectivity index (χ0n) is 38.0. The van der Waals surface area contributed by atoms with E-state index in [1.165, 1.54) is 110 Å². The minimum atomic E-state index is -0.587. The quantitative estimate of drug-likeness (QED) is 0.127. The molecule has 0 bridgehead atoms. The van der Waals surface area contributed by atoms with Gasteiger partial charge >= 0.3 is 12.1 Å². The van der Waals surface area contributed by atoms with Gasteiger partial charge in [0.1, 0.15) is 19.3 Å². The number of carbonyl (C=O) groups excluding carboxylic acids is 2. The summed E-state index contributed by atoms with van der Waals surface area (Å²) < 4.78 is 27.4. The van der Waals surface area contributed by atoms with E-state index >= 15 is 0 Å². The average molecular weight is 824 g/mol. The lowest BCUT2D eigenvalue weighted by atomic mass is 9.47. The average Bonchev–Trinajstić information content (AvgIpc) is 3.26. The Morgan fingerprint density at radius 2 is 1.07 bits per heavy atom. The van der Waals surface area contributed by atoms with Crippen molar-refractivity contribution in [3.05, 3.63) is 0 Å². The molecular weight excluding hydrogens is 739 g/mol. The van der Waals surface area contributed by atoms with Crippen molar-refractivity contribution in [3.8, 4) is 0 Å². The smallest absolute Gasteiger partial charge is 0.463 e. The number of ether oxygens (including phenoxy) is 5. The summed E-state index contributed by atoms with van der Waals surface area (Å²) in [5.74, 6) is 9.00. The number of hydrogen-bond acceptors (Lipinski definition) is 8. The van der Waals surface area contributed by atoms with Crippen LogP contribution in [0.2, 0.25) is 0 Å². The van der Waals surface area contributed by atoms with Crippen LogP contribution < -0.4 is 0 Å². The predicted octanol–water partition coefficient (Wildman–Crippen LogP) is 11.6. The normalized spacial score (nSPS) is 42.2. The first-order valence-corrected chi connectivity index (χ1v) is 25.6. The molecule has 0 aromatic heterocycles. The molecule has 8 atom stereocenters. The molecule has 8 rings (SSSR count). The summed E-state index contributed by atoms with van der Waals surface area (Å²) in [5, 5.41) is 0. The van der Waals surface area contributed by atoms with Gasteiger partial charge in [-0.1, -0.05) is 33.1 Å². The maximum atomic E-state index is 12.6. The molecule has 8 fully saturated rings. The van der Waals surface area contributed by atoms with Crippen LogP contribution in [0, 0.1) is 64.6 Å². The number of esters is 1. The second-order valence-corrected chi connectivity index (χ2v) is 21.9. The number of nitrogens with zero attached hydrogens (tertiary/aromatic N) is 1. The van der Waals surface area contributed by atoms with Gasteiger partial charge < -0.3 is 23.7 Å². The number of rotatable bonds is 14. The van der Waals surface area contributed by atoms with E-state index < -0.39 is 6.16 Å². The molecule has 8 aliphatic carbocycles. The highest BCUT2D eigenvalue weighted by Gasteiger charge is 2.56. The van der Waals surface area contributed by atoms with Crippen molar-refractivity contribution >= 4 is 12.1 Å². The SMILES string of the molecule is COC1CCC(C(C)(C2CCC(OC(=O)OCCOCCOC(C)=O)CC2)C2CCC(N(C3CCC(C)CC3)C3CCC4CCC5CCCC6CCC3C4C56)CC2)CC1. The summed E-state index contributed by atoms with van der Waals surface area (Å²) in [6.07, 6.45) is 34.1. The summed E-state index contributed by atoms with van der Waals surface area (Å²) in [7, 11) is 1.91. The van der Waals surface area contributed by atoms with Crippen molar-refractivity contribution in [1.29, 1.82) is 0 Å². The Bertz CT molecular complexity index is 1320. The molecule has 8 nitrogen and oxygen atoms in total. The number of hydrogen-bond donors (Lipinski definition) is 0. The molecule has 8 heteroatoms. The zero-order chi connectivity index (χ0) is 40.9. The van der Waals surface area contributed by atoms with Crippen LogP contribution in [0.3, 0.4) is 0 Å². The molecular formula is C51H85NO7. The van der Waals surface area contributed by atoms with Gasteiger partial charge in [0.15, 0.2) is 0 Å². The molecule has 0 aromatic rings. The molecule has 0 amide bonds. The molecule has 8 saturated carbocycles. The first-order valence-electron chi connectivity index (χ1n) is 25.6. The zero-order valence-corrected chi connectivity index (χ0v) is 38.0. The van der Waals surface area contributed by atoms with Gasteiger partial charge in [-0.05, 0) is 206 Å². The number of methoxy groups -OCH3 is 1. The predicted molar refractivity (Wildman–Crippen MR) is 232 cm³/mol. The Balaban J connectivity index is 0.917. The van der Waals surface area contributed by atoms with Gasteiger partial charge in [-0.25, -0.2) is 4.79 Å². The van der Waals surface area contributed by atoms with Gasteiger partial charge in [0.05, 0.1) is 19.3 Å². The highest BCUT2D eigenvalue weighted by molar-refractivity contribution is 5.65.